The summed E-state index contributed by atoms with van der Waals surface area (Å²) in [7, 11) is 1.82. The Hall–Kier alpha value is -1.02. The first-order chi connectivity index (χ1) is 12.1. The van der Waals surface area contributed by atoms with Crippen LogP contribution in [0.5, 0.6) is 0 Å². The molecule has 0 spiro atoms. The van der Waals surface area contributed by atoms with Crippen molar-refractivity contribution in [2.24, 2.45) is 10.9 Å². The van der Waals surface area contributed by atoms with Crippen LogP contribution in [-0.2, 0) is 9.53 Å². The number of carbonyl (C=O) groups excluding carboxylic acids is 1. The highest BCUT2D eigenvalue weighted by Gasteiger charge is 2.40. The van der Waals surface area contributed by atoms with Gasteiger partial charge in [0.1, 0.15) is 0 Å². The third-order valence-corrected chi connectivity index (χ3v) is 5.24. The summed E-state index contributed by atoms with van der Waals surface area (Å²) in [6, 6.07) is 8.48. The maximum absolute atomic E-state index is 11.9. The highest BCUT2D eigenvalue weighted by molar-refractivity contribution is 14.0. The van der Waals surface area contributed by atoms with E-state index in [1.165, 1.54) is 5.56 Å². The summed E-state index contributed by atoms with van der Waals surface area (Å²) in [5.41, 5.74) is 1.28. The monoisotopic (exact) mass is 491 g/mol. The second-order valence-corrected chi connectivity index (χ2v) is 7.15. The van der Waals surface area contributed by atoms with Crippen molar-refractivity contribution in [1.29, 1.82) is 0 Å². The van der Waals surface area contributed by atoms with Crippen LogP contribution in [-0.4, -0.2) is 49.6 Å². The number of ether oxygens (including phenoxy) is 1. The lowest BCUT2D eigenvalue weighted by Gasteiger charge is -2.33. The van der Waals surface area contributed by atoms with Gasteiger partial charge in [-0.05, 0) is 43.9 Å². The Morgan fingerprint density at radius 3 is 2.73 bits per heavy atom. The number of halogens is 2. The van der Waals surface area contributed by atoms with Gasteiger partial charge in [0.2, 0.25) is 0 Å². The van der Waals surface area contributed by atoms with Crippen LogP contribution in [0.15, 0.2) is 29.3 Å². The molecule has 1 aromatic rings. The van der Waals surface area contributed by atoms with Crippen LogP contribution in [0.4, 0.5) is 0 Å². The average Bonchev–Trinajstić information content (AvgIpc) is 3.39. The molecule has 2 unspecified atom stereocenters. The first-order valence-electron chi connectivity index (χ1n) is 9.02. The number of likely N-dealkylation sites (tertiary alicyclic amines) is 1. The van der Waals surface area contributed by atoms with E-state index in [2.05, 4.69) is 21.3 Å². The van der Waals surface area contributed by atoms with Crippen LogP contribution >= 0.6 is 35.6 Å². The van der Waals surface area contributed by atoms with Gasteiger partial charge < -0.3 is 15.0 Å². The van der Waals surface area contributed by atoms with Crippen LogP contribution < -0.4 is 5.32 Å². The third-order valence-electron chi connectivity index (χ3n) is 5.01. The molecule has 2 aliphatic rings. The standard InChI is InChI=1S/C19H26ClN3O2.HI/c1-3-25-18(24)13-7-9-23(10-8-13)19(21-2)22-17-12-16(17)14-5-4-6-15(20)11-14;/h4-6,11,13,16-17H,3,7-10,12H2,1-2H3,(H,21,22);1H. The number of carbonyl (C=O) groups is 1. The van der Waals surface area contributed by atoms with E-state index in [1.807, 2.05) is 32.2 Å². The molecule has 1 saturated heterocycles. The minimum atomic E-state index is -0.0618. The van der Waals surface area contributed by atoms with Crippen molar-refractivity contribution >= 4 is 47.5 Å². The largest absolute Gasteiger partial charge is 0.466 e. The summed E-state index contributed by atoms with van der Waals surface area (Å²) in [5.74, 6) is 1.38. The number of benzene rings is 1. The molecule has 1 saturated carbocycles. The molecule has 7 heteroatoms. The number of nitrogens with zero attached hydrogens (tertiary/aromatic N) is 2. The number of rotatable bonds is 4. The zero-order valence-electron chi connectivity index (χ0n) is 15.3. The topological polar surface area (TPSA) is 53.9 Å². The zero-order valence-corrected chi connectivity index (χ0v) is 18.4. The molecule has 3 rings (SSSR count). The minimum absolute atomic E-state index is 0. The Kier molecular flexibility index (Phi) is 8.01. The van der Waals surface area contributed by atoms with E-state index in [-0.39, 0.29) is 35.9 Å². The van der Waals surface area contributed by atoms with Gasteiger partial charge in [0.05, 0.1) is 12.5 Å². The van der Waals surface area contributed by atoms with E-state index in [1.54, 1.807) is 0 Å². The predicted molar refractivity (Wildman–Crippen MR) is 115 cm³/mol. The van der Waals surface area contributed by atoms with E-state index < -0.39 is 0 Å². The molecule has 1 aromatic carbocycles. The Morgan fingerprint density at radius 1 is 1.38 bits per heavy atom. The highest BCUT2D eigenvalue weighted by atomic mass is 127. The number of nitrogens with one attached hydrogen (secondary N) is 1. The second-order valence-electron chi connectivity index (χ2n) is 6.71. The Morgan fingerprint density at radius 2 is 2.12 bits per heavy atom. The molecule has 1 N–H and O–H groups in total. The van der Waals surface area contributed by atoms with Crippen LogP contribution in [0.25, 0.3) is 0 Å². The van der Waals surface area contributed by atoms with E-state index in [0.717, 1.165) is 43.3 Å². The smallest absolute Gasteiger partial charge is 0.309 e. The molecule has 2 fully saturated rings. The summed E-state index contributed by atoms with van der Waals surface area (Å²) < 4.78 is 5.14. The quantitative estimate of drug-likeness (QED) is 0.302. The number of hydrogen-bond donors (Lipinski definition) is 1. The van der Waals surface area contributed by atoms with Crippen LogP contribution in [0, 0.1) is 5.92 Å². The highest BCUT2D eigenvalue weighted by Crippen LogP contribution is 2.41. The van der Waals surface area contributed by atoms with Crippen molar-refractivity contribution in [3.05, 3.63) is 34.9 Å². The lowest BCUT2D eigenvalue weighted by Crippen LogP contribution is -2.47. The number of piperidine rings is 1. The van der Waals surface area contributed by atoms with Crippen molar-refractivity contribution in [3.63, 3.8) is 0 Å². The molecule has 0 bridgehead atoms. The summed E-state index contributed by atoms with van der Waals surface area (Å²) in [4.78, 5) is 18.5. The Bertz CT molecular complexity index is 647. The van der Waals surface area contributed by atoms with Gasteiger partial charge >= 0.3 is 5.97 Å². The summed E-state index contributed by atoms with van der Waals surface area (Å²) >= 11 is 6.09. The lowest BCUT2D eigenvalue weighted by atomic mass is 9.97. The van der Waals surface area contributed by atoms with Crippen LogP contribution in [0.3, 0.4) is 0 Å². The fourth-order valence-electron chi connectivity index (χ4n) is 3.51. The van der Waals surface area contributed by atoms with Gasteiger partial charge in [-0.3, -0.25) is 9.79 Å². The molecular weight excluding hydrogens is 465 g/mol. The van der Waals surface area contributed by atoms with Crippen LogP contribution in [0.1, 0.15) is 37.7 Å². The van der Waals surface area contributed by atoms with E-state index in [4.69, 9.17) is 16.3 Å². The SMILES string of the molecule is CCOC(=O)C1CCN(C(=NC)NC2CC2c2cccc(Cl)c2)CC1.I. The fourth-order valence-corrected chi connectivity index (χ4v) is 3.71. The van der Waals surface area contributed by atoms with Crippen molar-refractivity contribution < 1.29 is 9.53 Å². The first kappa shape index (κ1) is 21.3. The minimum Gasteiger partial charge on any atom is -0.466 e. The molecule has 144 valence electrons. The molecule has 0 radical (unpaired) electrons. The van der Waals surface area contributed by atoms with Gasteiger partial charge in [-0.15, -0.1) is 24.0 Å². The van der Waals surface area contributed by atoms with Crippen molar-refractivity contribution in [1.82, 2.24) is 10.2 Å². The summed E-state index contributed by atoms with van der Waals surface area (Å²) in [6.45, 7) is 3.97. The zero-order chi connectivity index (χ0) is 17.8. The van der Waals surface area contributed by atoms with Gasteiger partial charge in [-0.25, -0.2) is 0 Å². The summed E-state index contributed by atoms with van der Waals surface area (Å²) in [6.07, 6.45) is 2.74. The van der Waals surface area contributed by atoms with E-state index >= 15 is 0 Å². The van der Waals surface area contributed by atoms with Gasteiger partial charge in [-0.1, -0.05) is 23.7 Å². The number of esters is 1. The van der Waals surface area contributed by atoms with Crippen molar-refractivity contribution in [2.75, 3.05) is 26.7 Å². The molecule has 26 heavy (non-hydrogen) atoms. The Balaban J connectivity index is 0.00000243. The normalized spacial score (nSPS) is 23.2. The molecule has 2 atom stereocenters. The molecule has 5 nitrogen and oxygen atoms in total. The van der Waals surface area contributed by atoms with E-state index in [9.17, 15) is 4.79 Å². The third kappa shape index (κ3) is 5.25. The maximum atomic E-state index is 11.9. The number of hydrogen-bond acceptors (Lipinski definition) is 3. The van der Waals surface area contributed by atoms with Crippen molar-refractivity contribution in [2.45, 2.75) is 38.1 Å². The molecule has 0 aromatic heterocycles. The molecule has 0 amide bonds. The predicted octanol–water partition coefficient (Wildman–Crippen LogP) is 3.66. The second kappa shape index (κ2) is 9.78. The van der Waals surface area contributed by atoms with Gasteiger partial charge in [0.25, 0.3) is 0 Å². The molecule has 1 aliphatic heterocycles. The number of guanidine groups is 1. The maximum Gasteiger partial charge on any atom is 0.309 e. The first-order valence-corrected chi connectivity index (χ1v) is 9.40. The summed E-state index contributed by atoms with van der Waals surface area (Å²) in [5, 5.41) is 4.35. The van der Waals surface area contributed by atoms with Gasteiger partial charge in [0, 0.05) is 37.1 Å². The Labute approximate surface area is 177 Å². The van der Waals surface area contributed by atoms with Crippen molar-refractivity contribution in [3.8, 4) is 0 Å². The van der Waals surface area contributed by atoms with E-state index in [0.29, 0.717) is 18.6 Å². The van der Waals surface area contributed by atoms with Gasteiger partial charge in [-0.2, -0.15) is 0 Å². The van der Waals surface area contributed by atoms with Gasteiger partial charge in [0.15, 0.2) is 5.96 Å². The average molecular weight is 492 g/mol. The molecular formula is C19H27ClIN3O2. The number of aliphatic imine (C=N–C) groups is 1. The molecule has 1 aliphatic carbocycles. The lowest BCUT2D eigenvalue weighted by molar-refractivity contribution is -0.149. The molecule has 1 heterocycles. The van der Waals surface area contributed by atoms with Crippen LogP contribution in [0.2, 0.25) is 5.02 Å². The fraction of sp³-hybridized carbons (Fsp3) is 0.579.